The molecule has 1 N–H and O–H groups in total. The second-order valence-corrected chi connectivity index (χ2v) is 5.22. The fraction of sp³-hybridized carbons (Fsp3) is 0.294. The lowest BCUT2D eigenvalue weighted by Crippen LogP contribution is -2.08. The van der Waals surface area contributed by atoms with Gasteiger partial charge >= 0.3 is 0 Å². The molecule has 0 amide bonds. The van der Waals surface area contributed by atoms with E-state index in [4.69, 9.17) is 18.9 Å². The third-order valence-corrected chi connectivity index (χ3v) is 3.88. The zero-order valence-corrected chi connectivity index (χ0v) is 11.9. The SMILES string of the molecule is OC(c1ccc2c(c1)OCO2)c1ccccc1C1OCCO1. The van der Waals surface area contributed by atoms with Gasteiger partial charge in [-0.2, -0.15) is 0 Å². The van der Waals surface area contributed by atoms with E-state index in [2.05, 4.69) is 0 Å². The Morgan fingerprint density at radius 3 is 2.59 bits per heavy atom. The fourth-order valence-electron chi connectivity index (χ4n) is 2.78. The van der Waals surface area contributed by atoms with Crippen molar-refractivity contribution in [1.29, 1.82) is 0 Å². The Bertz CT molecular complexity index is 678. The predicted octanol–water partition coefficient (Wildman–Crippen LogP) is 2.54. The maximum atomic E-state index is 10.8. The number of aliphatic hydroxyl groups is 1. The van der Waals surface area contributed by atoms with Crippen LogP contribution in [0.3, 0.4) is 0 Å². The zero-order chi connectivity index (χ0) is 14.9. The number of aliphatic hydroxyl groups excluding tert-OH is 1. The van der Waals surface area contributed by atoms with Crippen LogP contribution in [0.4, 0.5) is 0 Å². The molecule has 0 bridgehead atoms. The van der Waals surface area contributed by atoms with Crippen molar-refractivity contribution in [1.82, 2.24) is 0 Å². The Balaban J connectivity index is 1.69. The minimum Gasteiger partial charge on any atom is -0.454 e. The molecule has 0 aliphatic carbocycles. The van der Waals surface area contributed by atoms with E-state index < -0.39 is 12.4 Å². The molecule has 4 rings (SSSR count). The van der Waals surface area contributed by atoms with Crippen molar-refractivity contribution >= 4 is 0 Å². The fourth-order valence-corrected chi connectivity index (χ4v) is 2.78. The monoisotopic (exact) mass is 300 g/mol. The van der Waals surface area contributed by atoms with Crippen LogP contribution in [0.5, 0.6) is 11.5 Å². The van der Waals surface area contributed by atoms with E-state index in [9.17, 15) is 5.11 Å². The molecule has 1 fully saturated rings. The first-order valence-electron chi connectivity index (χ1n) is 7.22. The molecule has 0 saturated carbocycles. The minimum atomic E-state index is -0.779. The van der Waals surface area contributed by atoms with Crippen molar-refractivity contribution in [2.75, 3.05) is 20.0 Å². The van der Waals surface area contributed by atoms with E-state index in [0.29, 0.717) is 24.7 Å². The van der Waals surface area contributed by atoms with Crippen molar-refractivity contribution in [3.63, 3.8) is 0 Å². The highest BCUT2D eigenvalue weighted by molar-refractivity contribution is 5.47. The van der Waals surface area contributed by atoms with Crippen molar-refractivity contribution < 1.29 is 24.1 Å². The number of rotatable bonds is 3. The van der Waals surface area contributed by atoms with Gasteiger partial charge < -0.3 is 24.1 Å². The molecule has 0 radical (unpaired) electrons. The average Bonchev–Trinajstić information content (AvgIpc) is 3.24. The number of hydrogen-bond donors (Lipinski definition) is 1. The van der Waals surface area contributed by atoms with E-state index in [1.807, 2.05) is 36.4 Å². The summed E-state index contributed by atoms with van der Waals surface area (Å²) in [5.41, 5.74) is 2.37. The van der Waals surface area contributed by atoms with Gasteiger partial charge in [0.2, 0.25) is 6.79 Å². The quantitative estimate of drug-likeness (QED) is 0.944. The molecule has 2 aliphatic heterocycles. The highest BCUT2D eigenvalue weighted by Crippen LogP contribution is 2.37. The van der Waals surface area contributed by atoms with E-state index in [-0.39, 0.29) is 6.79 Å². The maximum absolute atomic E-state index is 10.8. The molecule has 2 heterocycles. The second kappa shape index (κ2) is 5.61. The van der Waals surface area contributed by atoms with E-state index >= 15 is 0 Å². The molecule has 0 aromatic heterocycles. The topological polar surface area (TPSA) is 57.2 Å². The van der Waals surface area contributed by atoms with Crippen LogP contribution in [0.1, 0.15) is 29.1 Å². The predicted molar refractivity (Wildman–Crippen MR) is 77.7 cm³/mol. The molecule has 2 aromatic rings. The molecule has 1 unspecified atom stereocenters. The van der Waals surface area contributed by atoms with Gasteiger partial charge in [0.25, 0.3) is 0 Å². The Morgan fingerprint density at radius 2 is 1.73 bits per heavy atom. The van der Waals surface area contributed by atoms with Crippen molar-refractivity contribution in [2.45, 2.75) is 12.4 Å². The van der Waals surface area contributed by atoms with Gasteiger partial charge in [-0.3, -0.25) is 0 Å². The Morgan fingerprint density at radius 1 is 0.955 bits per heavy atom. The van der Waals surface area contributed by atoms with Crippen molar-refractivity contribution in [3.8, 4) is 11.5 Å². The van der Waals surface area contributed by atoms with Crippen LogP contribution in [0.25, 0.3) is 0 Å². The van der Waals surface area contributed by atoms with Gasteiger partial charge in [0.15, 0.2) is 17.8 Å². The van der Waals surface area contributed by atoms with Gasteiger partial charge in [0, 0.05) is 5.56 Å². The van der Waals surface area contributed by atoms with Gasteiger partial charge in [0.05, 0.1) is 13.2 Å². The van der Waals surface area contributed by atoms with Crippen LogP contribution in [0.15, 0.2) is 42.5 Å². The molecule has 5 nitrogen and oxygen atoms in total. The van der Waals surface area contributed by atoms with Gasteiger partial charge in [0.1, 0.15) is 6.10 Å². The molecule has 22 heavy (non-hydrogen) atoms. The standard InChI is InChI=1S/C17H16O5/c18-16(11-5-6-14-15(9-11)22-10-21-14)12-3-1-2-4-13(12)17-19-7-8-20-17/h1-6,9,16-18H,7-8,10H2. The average molecular weight is 300 g/mol. The lowest BCUT2D eigenvalue weighted by atomic mass is 9.96. The number of ether oxygens (including phenoxy) is 4. The number of benzene rings is 2. The maximum Gasteiger partial charge on any atom is 0.231 e. The summed E-state index contributed by atoms with van der Waals surface area (Å²) >= 11 is 0. The molecule has 114 valence electrons. The summed E-state index contributed by atoms with van der Waals surface area (Å²) in [6.45, 7) is 1.35. The zero-order valence-electron chi connectivity index (χ0n) is 11.9. The molecule has 2 aliphatic rings. The van der Waals surface area contributed by atoms with Crippen LogP contribution in [-0.4, -0.2) is 25.1 Å². The lowest BCUT2D eigenvalue weighted by molar-refractivity contribution is -0.0456. The summed E-state index contributed by atoms with van der Waals surface area (Å²) in [5, 5.41) is 10.8. The number of hydrogen-bond acceptors (Lipinski definition) is 5. The normalized spacial score (nSPS) is 18.6. The third kappa shape index (κ3) is 2.33. The van der Waals surface area contributed by atoms with Crippen LogP contribution >= 0.6 is 0 Å². The molecule has 5 heteroatoms. The summed E-state index contributed by atoms with van der Waals surface area (Å²) in [5.74, 6) is 1.36. The second-order valence-electron chi connectivity index (χ2n) is 5.22. The lowest BCUT2D eigenvalue weighted by Gasteiger charge is -2.19. The summed E-state index contributed by atoms with van der Waals surface area (Å²) in [6.07, 6.45) is -1.20. The van der Waals surface area contributed by atoms with Crippen LogP contribution in [0.2, 0.25) is 0 Å². The van der Waals surface area contributed by atoms with E-state index in [1.54, 1.807) is 6.07 Å². The van der Waals surface area contributed by atoms with Crippen LogP contribution < -0.4 is 9.47 Å². The highest BCUT2D eigenvalue weighted by Gasteiger charge is 2.25. The first-order chi connectivity index (χ1) is 10.8. The van der Waals surface area contributed by atoms with Gasteiger partial charge in [-0.15, -0.1) is 0 Å². The Hall–Kier alpha value is -2.08. The van der Waals surface area contributed by atoms with Gasteiger partial charge in [-0.05, 0) is 23.3 Å². The van der Waals surface area contributed by atoms with Crippen molar-refractivity contribution in [3.05, 3.63) is 59.2 Å². The third-order valence-electron chi connectivity index (χ3n) is 3.88. The van der Waals surface area contributed by atoms with Crippen LogP contribution in [0, 0.1) is 0 Å². The first kappa shape index (κ1) is 13.6. The van der Waals surface area contributed by atoms with E-state index in [0.717, 1.165) is 16.7 Å². The first-order valence-corrected chi connectivity index (χ1v) is 7.22. The van der Waals surface area contributed by atoms with Gasteiger partial charge in [-0.1, -0.05) is 30.3 Å². The summed E-state index contributed by atoms with van der Waals surface area (Å²) < 4.78 is 21.8. The molecule has 0 spiro atoms. The minimum absolute atomic E-state index is 0.217. The molecule has 1 saturated heterocycles. The summed E-state index contributed by atoms with van der Waals surface area (Å²) in [7, 11) is 0. The summed E-state index contributed by atoms with van der Waals surface area (Å²) in [6, 6.07) is 13.1. The van der Waals surface area contributed by atoms with E-state index in [1.165, 1.54) is 0 Å². The Labute approximate surface area is 128 Å². The molecule has 1 atom stereocenters. The Kier molecular flexibility index (Phi) is 3.46. The highest BCUT2D eigenvalue weighted by atomic mass is 16.7. The molecule has 2 aromatic carbocycles. The molecular formula is C17H16O5. The van der Waals surface area contributed by atoms with Gasteiger partial charge in [-0.25, -0.2) is 0 Å². The van der Waals surface area contributed by atoms with Crippen molar-refractivity contribution in [2.24, 2.45) is 0 Å². The summed E-state index contributed by atoms with van der Waals surface area (Å²) in [4.78, 5) is 0. The number of fused-ring (bicyclic) bond motifs is 1. The van der Waals surface area contributed by atoms with Crippen LogP contribution in [-0.2, 0) is 9.47 Å². The largest absolute Gasteiger partial charge is 0.454 e. The molecular weight excluding hydrogens is 284 g/mol. The smallest absolute Gasteiger partial charge is 0.231 e.